The molecule has 0 aromatic carbocycles. The first-order valence-electron chi connectivity index (χ1n) is 5.48. The molecule has 1 unspecified atom stereocenters. The Morgan fingerprint density at radius 1 is 1.50 bits per heavy atom. The van der Waals surface area contributed by atoms with Crippen LogP contribution in [0.4, 0.5) is 0 Å². The van der Waals surface area contributed by atoms with Gasteiger partial charge in [-0.1, -0.05) is 18.5 Å². The van der Waals surface area contributed by atoms with Gasteiger partial charge in [-0.05, 0) is 20.5 Å². The van der Waals surface area contributed by atoms with Crippen LogP contribution in [-0.4, -0.2) is 46.5 Å². The third-order valence-corrected chi connectivity index (χ3v) is 2.94. The summed E-state index contributed by atoms with van der Waals surface area (Å²) in [7, 11) is 5.74. The summed E-state index contributed by atoms with van der Waals surface area (Å²) in [5, 5.41) is 14.9. The lowest BCUT2D eigenvalue weighted by molar-refractivity contribution is 0.135. The molecule has 0 fully saturated rings. The van der Waals surface area contributed by atoms with Gasteiger partial charge in [0.25, 0.3) is 0 Å². The number of nitrogens with zero attached hydrogens (tertiary/aromatic N) is 3. The Kier molecular flexibility index (Phi) is 4.77. The molecule has 0 saturated heterocycles. The van der Waals surface area contributed by atoms with Crippen LogP contribution in [0.3, 0.4) is 0 Å². The maximum absolute atomic E-state index is 9.86. The number of aliphatic hydroxyl groups excluding tert-OH is 1. The van der Waals surface area contributed by atoms with Crippen molar-refractivity contribution < 1.29 is 5.11 Å². The lowest BCUT2D eigenvalue weighted by Gasteiger charge is -2.16. The van der Waals surface area contributed by atoms with Gasteiger partial charge in [-0.25, -0.2) is 0 Å². The first kappa shape index (κ1) is 13.5. The molecule has 92 valence electrons. The molecule has 0 aliphatic carbocycles. The van der Waals surface area contributed by atoms with Gasteiger partial charge in [0.15, 0.2) is 0 Å². The Balaban J connectivity index is 2.76. The molecule has 0 spiro atoms. The van der Waals surface area contributed by atoms with E-state index in [4.69, 9.17) is 11.6 Å². The number of likely N-dealkylation sites (N-methyl/N-ethyl adjacent to an activating group) is 1. The van der Waals surface area contributed by atoms with E-state index in [0.29, 0.717) is 18.0 Å². The third kappa shape index (κ3) is 3.20. The lowest BCUT2D eigenvalue weighted by atomic mass is 10.1. The maximum Gasteiger partial charge on any atom is 0.0850 e. The molecule has 0 radical (unpaired) electrons. The van der Waals surface area contributed by atoms with Gasteiger partial charge in [-0.3, -0.25) is 4.68 Å². The number of aryl methyl sites for hydroxylation is 2. The molecule has 1 aromatic heterocycles. The van der Waals surface area contributed by atoms with Gasteiger partial charge >= 0.3 is 0 Å². The Labute approximate surface area is 102 Å². The lowest BCUT2D eigenvalue weighted by Crippen LogP contribution is -2.28. The normalized spacial score (nSPS) is 13.4. The first-order chi connectivity index (χ1) is 7.45. The molecule has 5 heteroatoms. The van der Waals surface area contributed by atoms with Gasteiger partial charge in [0.05, 0.1) is 22.5 Å². The summed E-state index contributed by atoms with van der Waals surface area (Å²) in [6.45, 7) is 2.65. The van der Waals surface area contributed by atoms with Crippen LogP contribution in [0.5, 0.6) is 0 Å². The van der Waals surface area contributed by atoms with Crippen molar-refractivity contribution in [1.82, 2.24) is 14.7 Å². The third-order valence-electron chi connectivity index (χ3n) is 2.51. The van der Waals surface area contributed by atoms with Crippen molar-refractivity contribution in [3.05, 3.63) is 16.4 Å². The minimum Gasteiger partial charge on any atom is -0.391 e. The average Bonchev–Trinajstić information content (AvgIpc) is 2.44. The van der Waals surface area contributed by atoms with E-state index in [0.717, 1.165) is 17.8 Å². The maximum atomic E-state index is 9.86. The van der Waals surface area contributed by atoms with Crippen LogP contribution in [0.15, 0.2) is 0 Å². The zero-order valence-electron chi connectivity index (χ0n) is 10.4. The monoisotopic (exact) mass is 245 g/mol. The average molecular weight is 246 g/mol. The van der Waals surface area contributed by atoms with Crippen LogP contribution in [0.25, 0.3) is 0 Å². The van der Waals surface area contributed by atoms with Crippen LogP contribution >= 0.6 is 11.6 Å². The number of aromatic nitrogens is 2. The molecule has 1 heterocycles. The van der Waals surface area contributed by atoms with Gasteiger partial charge in [-0.15, -0.1) is 0 Å². The smallest absolute Gasteiger partial charge is 0.0850 e. The highest BCUT2D eigenvalue weighted by Crippen LogP contribution is 2.22. The van der Waals surface area contributed by atoms with Crippen molar-refractivity contribution in [2.24, 2.45) is 7.05 Å². The fraction of sp³-hybridized carbons (Fsp3) is 0.727. The minimum atomic E-state index is -0.410. The summed E-state index contributed by atoms with van der Waals surface area (Å²) < 4.78 is 1.76. The highest BCUT2D eigenvalue weighted by Gasteiger charge is 2.16. The summed E-state index contributed by atoms with van der Waals surface area (Å²) in [4.78, 5) is 1.95. The van der Waals surface area contributed by atoms with Crippen molar-refractivity contribution in [1.29, 1.82) is 0 Å². The number of hydrogen-bond donors (Lipinski definition) is 1. The molecule has 1 N–H and O–H groups in total. The number of rotatable bonds is 5. The number of halogens is 1. The predicted octanol–water partition coefficient (Wildman–Crippen LogP) is 1.10. The van der Waals surface area contributed by atoms with Crippen molar-refractivity contribution in [2.45, 2.75) is 25.9 Å². The highest BCUT2D eigenvalue weighted by atomic mass is 35.5. The molecule has 0 saturated carbocycles. The van der Waals surface area contributed by atoms with E-state index in [1.165, 1.54) is 0 Å². The zero-order chi connectivity index (χ0) is 12.3. The van der Waals surface area contributed by atoms with Crippen LogP contribution in [0.2, 0.25) is 5.02 Å². The molecule has 1 aromatic rings. The van der Waals surface area contributed by atoms with Crippen LogP contribution in [0.1, 0.15) is 18.3 Å². The second-order valence-corrected chi connectivity index (χ2v) is 4.68. The summed E-state index contributed by atoms with van der Waals surface area (Å²) >= 11 is 6.20. The van der Waals surface area contributed by atoms with Crippen molar-refractivity contribution >= 4 is 11.6 Å². The van der Waals surface area contributed by atoms with Crippen molar-refractivity contribution in [2.75, 3.05) is 20.6 Å². The fourth-order valence-electron chi connectivity index (χ4n) is 1.75. The van der Waals surface area contributed by atoms with Gasteiger partial charge in [0, 0.05) is 20.0 Å². The highest BCUT2D eigenvalue weighted by molar-refractivity contribution is 6.31. The van der Waals surface area contributed by atoms with E-state index in [1.54, 1.807) is 4.68 Å². The number of aliphatic hydroxyl groups is 1. The molecule has 1 rings (SSSR count). The first-order valence-corrected chi connectivity index (χ1v) is 5.86. The van der Waals surface area contributed by atoms with Crippen LogP contribution < -0.4 is 0 Å². The second-order valence-electron chi connectivity index (χ2n) is 4.30. The Bertz CT molecular complexity index is 349. The largest absolute Gasteiger partial charge is 0.391 e. The molecule has 16 heavy (non-hydrogen) atoms. The van der Waals surface area contributed by atoms with Crippen molar-refractivity contribution in [3.63, 3.8) is 0 Å². The molecule has 0 aliphatic rings. The van der Waals surface area contributed by atoms with E-state index in [9.17, 15) is 5.11 Å². The Morgan fingerprint density at radius 3 is 2.56 bits per heavy atom. The zero-order valence-corrected chi connectivity index (χ0v) is 11.1. The van der Waals surface area contributed by atoms with Gasteiger partial charge < -0.3 is 10.0 Å². The van der Waals surface area contributed by atoms with E-state index in [2.05, 4.69) is 5.10 Å². The predicted molar refractivity (Wildman–Crippen MR) is 65.9 cm³/mol. The molecule has 4 nitrogen and oxygen atoms in total. The summed E-state index contributed by atoms with van der Waals surface area (Å²) in [6.07, 6.45) is 0.948. The molecule has 0 amide bonds. The van der Waals surface area contributed by atoms with Crippen molar-refractivity contribution in [3.8, 4) is 0 Å². The Hall–Kier alpha value is -0.580. The van der Waals surface area contributed by atoms with Gasteiger partial charge in [0.1, 0.15) is 0 Å². The van der Waals surface area contributed by atoms with Gasteiger partial charge in [0.2, 0.25) is 0 Å². The van der Waals surface area contributed by atoms with E-state index in [-0.39, 0.29) is 0 Å². The van der Waals surface area contributed by atoms with Crippen LogP contribution in [0, 0.1) is 0 Å². The molecular formula is C11H20ClN3O. The van der Waals surface area contributed by atoms with E-state index < -0.39 is 6.10 Å². The summed E-state index contributed by atoms with van der Waals surface area (Å²) in [6, 6.07) is 0. The fourth-order valence-corrected chi connectivity index (χ4v) is 2.12. The second kappa shape index (κ2) is 5.66. The number of hydrogen-bond acceptors (Lipinski definition) is 3. The molecule has 0 aliphatic heterocycles. The van der Waals surface area contributed by atoms with E-state index >= 15 is 0 Å². The summed E-state index contributed by atoms with van der Waals surface area (Å²) in [5.74, 6) is 0. The topological polar surface area (TPSA) is 41.3 Å². The molecule has 0 bridgehead atoms. The standard InChI is InChI=1S/C11H20ClN3O/c1-5-9-11(12)10(15(4)13-9)6-8(16)7-14(2)3/h8,16H,5-7H2,1-4H3. The molecule has 1 atom stereocenters. The van der Waals surface area contributed by atoms with Gasteiger partial charge in [-0.2, -0.15) is 5.10 Å². The minimum absolute atomic E-state index is 0.410. The Morgan fingerprint density at radius 2 is 2.12 bits per heavy atom. The van der Waals surface area contributed by atoms with E-state index in [1.807, 2.05) is 33.0 Å². The van der Waals surface area contributed by atoms with Crippen LogP contribution in [-0.2, 0) is 19.9 Å². The quantitative estimate of drug-likeness (QED) is 0.845. The summed E-state index contributed by atoms with van der Waals surface area (Å²) in [5.41, 5.74) is 1.81. The molecular weight excluding hydrogens is 226 g/mol. The SMILES string of the molecule is CCc1nn(C)c(CC(O)CN(C)C)c1Cl.